The standard InChI is InChI=1S/C16H28ClN3/c1-4-9-15-19-14(17)12-16(20-15)18-11-8-6-5-7-10-13(2)3/h12-13H,4-11H2,1-3H3,(H,18,19,20). The number of nitrogens with zero attached hydrogens (tertiary/aromatic N) is 2. The van der Waals surface area contributed by atoms with E-state index in [9.17, 15) is 0 Å². The maximum absolute atomic E-state index is 6.01. The fraction of sp³-hybridized carbons (Fsp3) is 0.750. The molecule has 0 saturated heterocycles. The molecule has 0 fully saturated rings. The second-order valence-electron chi connectivity index (χ2n) is 5.77. The SMILES string of the molecule is CCCc1nc(Cl)cc(NCCCCCCC(C)C)n1. The highest BCUT2D eigenvalue weighted by Crippen LogP contribution is 2.13. The number of aryl methyl sites for hydroxylation is 1. The minimum absolute atomic E-state index is 0.530. The molecule has 0 aromatic carbocycles. The van der Waals surface area contributed by atoms with Gasteiger partial charge < -0.3 is 5.32 Å². The van der Waals surface area contributed by atoms with Crippen molar-refractivity contribution in [1.82, 2.24) is 9.97 Å². The molecule has 20 heavy (non-hydrogen) atoms. The van der Waals surface area contributed by atoms with Crippen molar-refractivity contribution in [2.24, 2.45) is 5.92 Å². The van der Waals surface area contributed by atoms with Crippen molar-refractivity contribution in [3.8, 4) is 0 Å². The first kappa shape index (κ1) is 17.2. The van der Waals surface area contributed by atoms with E-state index in [-0.39, 0.29) is 0 Å². The summed E-state index contributed by atoms with van der Waals surface area (Å²) in [5, 5.41) is 3.88. The van der Waals surface area contributed by atoms with Crippen molar-refractivity contribution in [3.63, 3.8) is 0 Å². The van der Waals surface area contributed by atoms with Crippen LogP contribution in [0.1, 0.15) is 65.1 Å². The Labute approximate surface area is 128 Å². The summed E-state index contributed by atoms with van der Waals surface area (Å²) in [6.45, 7) is 7.65. The highest BCUT2D eigenvalue weighted by atomic mass is 35.5. The van der Waals surface area contributed by atoms with Crippen molar-refractivity contribution in [2.75, 3.05) is 11.9 Å². The number of anilines is 1. The van der Waals surface area contributed by atoms with Crippen LogP contribution >= 0.6 is 11.6 Å². The molecule has 0 atom stereocenters. The van der Waals surface area contributed by atoms with E-state index in [1.54, 1.807) is 6.07 Å². The lowest BCUT2D eigenvalue weighted by Gasteiger charge is -2.08. The summed E-state index contributed by atoms with van der Waals surface area (Å²) in [6.07, 6.45) is 8.39. The Morgan fingerprint density at radius 2 is 1.90 bits per heavy atom. The van der Waals surface area contributed by atoms with Gasteiger partial charge in [0.05, 0.1) is 0 Å². The molecule has 1 heterocycles. The molecule has 0 aliphatic carbocycles. The van der Waals surface area contributed by atoms with Gasteiger partial charge in [0.25, 0.3) is 0 Å². The lowest BCUT2D eigenvalue weighted by atomic mass is 10.0. The zero-order valence-electron chi connectivity index (χ0n) is 13.1. The molecule has 0 unspecified atom stereocenters. The van der Waals surface area contributed by atoms with Crippen molar-refractivity contribution in [1.29, 1.82) is 0 Å². The van der Waals surface area contributed by atoms with Gasteiger partial charge in [0.2, 0.25) is 0 Å². The molecule has 0 aliphatic heterocycles. The molecule has 0 saturated carbocycles. The average molecular weight is 298 g/mol. The maximum atomic E-state index is 6.01. The summed E-state index contributed by atoms with van der Waals surface area (Å²) in [6, 6.07) is 1.81. The first-order valence-electron chi connectivity index (χ1n) is 7.89. The average Bonchev–Trinajstić information content (AvgIpc) is 2.37. The van der Waals surface area contributed by atoms with Crippen molar-refractivity contribution in [3.05, 3.63) is 17.0 Å². The maximum Gasteiger partial charge on any atom is 0.134 e. The second-order valence-corrected chi connectivity index (χ2v) is 6.15. The first-order chi connectivity index (χ1) is 9.61. The number of aromatic nitrogens is 2. The van der Waals surface area contributed by atoms with E-state index in [0.717, 1.165) is 36.9 Å². The zero-order valence-corrected chi connectivity index (χ0v) is 13.8. The largest absolute Gasteiger partial charge is 0.370 e. The predicted molar refractivity (Wildman–Crippen MR) is 87.4 cm³/mol. The fourth-order valence-electron chi connectivity index (χ4n) is 2.14. The van der Waals surface area contributed by atoms with Crippen LogP contribution in [0.15, 0.2) is 6.07 Å². The Morgan fingerprint density at radius 1 is 1.15 bits per heavy atom. The van der Waals surface area contributed by atoms with Crippen molar-refractivity contribution in [2.45, 2.75) is 65.7 Å². The van der Waals surface area contributed by atoms with Gasteiger partial charge in [-0.15, -0.1) is 0 Å². The highest BCUT2D eigenvalue weighted by Gasteiger charge is 2.02. The minimum Gasteiger partial charge on any atom is -0.370 e. The topological polar surface area (TPSA) is 37.8 Å². The third-order valence-corrected chi connectivity index (χ3v) is 3.42. The molecule has 3 nitrogen and oxygen atoms in total. The van der Waals surface area contributed by atoms with E-state index in [2.05, 4.69) is 36.1 Å². The number of hydrogen-bond donors (Lipinski definition) is 1. The molecule has 1 aromatic heterocycles. The molecular formula is C16H28ClN3. The molecule has 1 rings (SSSR count). The van der Waals surface area contributed by atoms with Gasteiger partial charge in [-0.2, -0.15) is 0 Å². The molecule has 1 N–H and O–H groups in total. The quantitative estimate of drug-likeness (QED) is 0.482. The van der Waals surface area contributed by atoms with Crippen LogP contribution in [0.3, 0.4) is 0 Å². The molecule has 0 aliphatic rings. The molecule has 0 bridgehead atoms. The second kappa shape index (κ2) is 9.98. The number of halogens is 1. The highest BCUT2D eigenvalue weighted by molar-refractivity contribution is 6.29. The Balaban J connectivity index is 2.21. The fourth-order valence-corrected chi connectivity index (χ4v) is 2.34. The monoisotopic (exact) mass is 297 g/mol. The van der Waals surface area contributed by atoms with E-state index in [1.807, 2.05) is 0 Å². The summed E-state index contributed by atoms with van der Waals surface area (Å²) >= 11 is 6.01. The van der Waals surface area contributed by atoms with Crippen LogP contribution < -0.4 is 5.32 Å². The third-order valence-electron chi connectivity index (χ3n) is 3.23. The van der Waals surface area contributed by atoms with E-state index in [4.69, 9.17) is 11.6 Å². The van der Waals surface area contributed by atoms with Crippen LogP contribution in [0.25, 0.3) is 0 Å². The van der Waals surface area contributed by atoms with Crippen LogP contribution in [0, 0.1) is 5.92 Å². The summed E-state index contributed by atoms with van der Waals surface area (Å²) in [4.78, 5) is 8.70. The first-order valence-corrected chi connectivity index (χ1v) is 8.27. The lowest BCUT2D eigenvalue weighted by molar-refractivity contribution is 0.523. The van der Waals surface area contributed by atoms with Crippen LogP contribution in [0.5, 0.6) is 0 Å². The molecule has 0 radical (unpaired) electrons. The smallest absolute Gasteiger partial charge is 0.134 e. The lowest BCUT2D eigenvalue weighted by Crippen LogP contribution is -2.06. The van der Waals surface area contributed by atoms with E-state index in [1.165, 1.54) is 32.1 Å². The van der Waals surface area contributed by atoms with Crippen LogP contribution in [-0.4, -0.2) is 16.5 Å². The van der Waals surface area contributed by atoms with E-state index >= 15 is 0 Å². The van der Waals surface area contributed by atoms with Crippen molar-refractivity contribution >= 4 is 17.4 Å². The number of nitrogens with one attached hydrogen (secondary N) is 1. The number of unbranched alkanes of at least 4 members (excludes halogenated alkanes) is 3. The molecule has 0 spiro atoms. The van der Waals surface area contributed by atoms with Gasteiger partial charge in [-0.25, -0.2) is 9.97 Å². The minimum atomic E-state index is 0.530. The normalized spacial score (nSPS) is 11.1. The summed E-state index contributed by atoms with van der Waals surface area (Å²) < 4.78 is 0. The van der Waals surface area contributed by atoms with Gasteiger partial charge in [0.15, 0.2) is 0 Å². The molecular weight excluding hydrogens is 270 g/mol. The Kier molecular flexibility index (Phi) is 8.59. The van der Waals surface area contributed by atoms with Crippen LogP contribution in [0.4, 0.5) is 5.82 Å². The number of hydrogen-bond acceptors (Lipinski definition) is 3. The van der Waals surface area contributed by atoms with Gasteiger partial charge in [-0.05, 0) is 18.8 Å². The van der Waals surface area contributed by atoms with Gasteiger partial charge in [0, 0.05) is 19.0 Å². The van der Waals surface area contributed by atoms with Crippen LogP contribution in [-0.2, 0) is 6.42 Å². The molecule has 0 amide bonds. The molecule has 4 heteroatoms. The predicted octanol–water partition coefficient (Wildman–Crippen LogP) is 5.10. The Hall–Kier alpha value is -0.830. The van der Waals surface area contributed by atoms with Gasteiger partial charge in [0.1, 0.15) is 16.8 Å². The number of rotatable bonds is 10. The summed E-state index contributed by atoms with van der Waals surface area (Å²) in [7, 11) is 0. The van der Waals surface area contributed by atoms with Crippen molar-refractivity contribution < 1.29 is 0 Å². The summed E-state index contributed by atoms with van der Waals surface area (Å²) in [5.74, 6) is 2.52. The zero-order chi connectivity index (χ0) is 14.8. The summed E-state index contributed by atoms with van der Waals surface area (Å²) in [5.41, 5.74) is 0. The van der Waals surface area contributed by atoms with E-state index < -0.39 is 0 Å². The Morgan fingerprint density at radius 3 is 2.60 bits per heavy atom. The Bertz CT molecular complexity index is 380. The third kappa shape index (κ3) is 7.68. The van der Waals surface area contributed by atoms with Gasteiger partial charge in [-0.1, -0.05) is 58.1 Å². The molecule has 1 aromatic rings. The molecule has 114 valence electrons. The van der Waals surface area contributed by atoms with Gasteiger partial charge >= 0.3 is 0 Å². The van der Waals surface area contributed by atoms with Crippen LogP contribution in [0.2, 0.25) is 5.15 Å². The van der Waals surface area contributed by atoms with E-state index in [0.29, 0.717) is 5.15 Å². The van der Waals surface area contributed by atoms with Gasteiger partial charge in [-0.3, -0.25) is 0 Å².